The monoisotopic (exact) mass is 272 g/mol. The second kappa shape index (κ2) is 3.68. The molecule has 0 aromatic heterocycles. The molecule has 2 rings (SSSR count). The summed E-state index contributed by atoms with van der Waals surface area (Å²) in [5, 5.41) is 10.0. The lowest BCUT2D eigenvalue weighted by molar-refractivity contribution is 0.150. The molecule has 15 heavy (non-hydrogen) atoms. The molecule has 0 bridgehead atoms. The Morgan fingerprint density at radius 2 is 1.67 bits per heavy atom. The Morgan fingerprint density at radius 1 is 1.20 bits per heavy atom. The van der Waals surface area contributed by atoms with E-state index in [9.17, 15) is 5.11 Å². The zero-order valence-electron chi connectivity index (χ0n) is 8.71. The molecule has 4 heteroatoms. The topological polar surface area (TPSA) is 38.7 Å². The summed E-state index contributed by atoms with van der Waals surface area (Å²) in [5.74, 6) is 1.37. The van der Waals surface area contributed by atoms with E-state index < -0.39 is 5.60 Å². The summed E-state index contributed by atoms with van der Waals surface area (Å²) in [6.07, 6.45) is 1.61. The van der Waals surface area contributed by atoms with Crippen LogP contribution in [0, 0.1) is 0 Å². The lowest BCUT2D eigenvalue weighted by atomic mass is 10.1. The van der Waals surface area contributed by atoms with E-state index in [1.165, 1.54) is 0 Å². The van der Waals surface area contributed by atoms with Crippen LogP contribution in [0.1, 0.15) is 18.4 Å². The van der Waals surface area contributed by atoms with Gasteiger partial charge in [-0.3, -0.25) is 0 Å². The summed E-state index contributed by atoms with van der Waals surface area (Å²) in [6, 6.07) is 3.69. The van der Waals surface area contributed by atoms with E-state index in [1.807, 2.05) is 12.1 Å². The zero-order chi connectivity index (χ0) is 11.1. The summed E-state index contributed by atoms with van der Waals surface area (Å²) in [7, 11) is 3.19. The molecule has 1 aliphatic carbocycles. The van der Waals surface area contributed by atoms with E-state index in [0.29, 0.717) is 11.5 Å². The molecule has 0 saturated heterocycles. The van der Waals surface area contributed by atoms with Crippen LogP contribution in [0.25, 0.3) is 0 Å². The summed E-state index contributed by atoms with van der Waals surface area (Å²) in [5.41, 5.74) is 0.195. The molecule has 0 aliphatic heterocycles. The summed E-state index contributed by atoms with van der Waals surface area (Å²) in [4.78, 5) is 0. The molecule has 0 atom stereocenters. The van der Waals surface area contributed by atoms with Crippen LogP contribution in [0.15, 0.2) is 16.6 Å². The van der Waals surface area contributed by atoms with Gasteiger partial charge in [-0.15, -0.1) is 0 Å². The van der Waals surface area contributed by atoms with Gasteiger partial charge in [0.15, 0.2) is 0 Å². The van der Waals surface area contributed by atoms with Crippen molar-refractivity contribution in [1.82, 2.24) is 0 Å². The van der Waals surface area contributed by atoms with Crippen LogP contribution in [0.2, 0.25) is 0 Å². The van der Waals surface area contributed by atoms with Gasteiger partial charge in [0.1, 0.15) is 16.0 Å². The third-order valence-electron chi connectivity index (χ3n) is 2.71. The van der Waals surface area contributed by atoms with E-state index >= 15 is 0 Å². The normalized spacial score (nSPS) is 17.3. The third-order valence-corrected chi connectivity index (χ3v) is 3.49. The molecule has 3 nitrogen and oxygen atoms in total. The fourth-order valence-corrected chi connectivity index (χ4v) is 2.10. The van der Waals surface area contributed by atoms with Gasteiger partial charge in [-0.05, 0) is 46.5 Å². The van der Waals surface area contributed by atoms with Gasteiger partial charge >= 0.3 is 0 Å². The van der Waals surface area contributed by atoms with Crippen molar-refractivity contribution in [2.24, 2.45) is 0 Å². The summed E-state index contributed by atoms with van der Waals surface area (Å²) < 4.78 is 11.2. The Kier molecular flexibility index (Phi) is 2.64. The van der Waals surface area contributed by atoms with Crippen LogP contribution in [-0.4, -0.2) is 19.3 Å². The predicted molar refractivity (Wildman–Crippen MR) is 60.4 cm³/mol. The van der Waals surface area contributed by atoms with Crippen molar-refractivity contribution in [1.29, 1.82) is 0 Å². The quantitative estimate of drug-likeness (QED) is 0.919. The second-order valence-electron chi connectivity index (χ2n) is 3.73. The molecular weight excluding hydrogens is 260 g/mol. The van der Waals surface area contributed by atoms with Crippen molar-refractivity contribution >= 4 is 15.9 Å². The smallest absolute Gasteiger partial charge is 0.137 e. The largest absolute Gasteiger partial charge is 0.495 e. The highest BCUT2D eigenvalue weighted by molar-refractivity contribution is 9.10. The maximum absolute atomic E-state index is 10.0. The average Bonchev–Trinajstić information content (AvgIpc) is 2.98. The Morgan fingerprint density at radius 3 is 2.00 bits per heavy atom. The highest BCUT2D eigenvalue weighted by Gasteiger charge is 2.43. The van der Waals surface area contributed by atoms with Crippen LogP contribution in [0.5, 0.6) is 11.5 Å². The maximum Gasteiger partial charge on any atom is 0.137 e. The summed E-state index contributed by atoms with van der Waals surface area (Å²) >= 11 is 3.39. The fourth-order valence-electron chi connectivity index (χ4n) is 1.55. The van der Waals surface area contributed by atoms with Gasteiger partial charge in [-0.25, -0.2) is 0 Å². The Hall–Kier alpha value is -0.740. The molecule has 1 aromatic rings. The molecule has 1 saturated carbocycles. The number of benzene rings is 1. The minimum atomic E-state index is -0.665. The van der Waals surface area contributed by atoms with Crippen molar-refractivity contribution in [3.63, 3.8) is 0 Å². The molecule has 0 spiro atoms. The Labute approximate surface area is 97.1 Å². The Bertz CT molecular complexity index is 360. The number of hydrogen-bond acceptors (Lipinski definition) is 3. The van der Waals surface area contributed by atoms with Crippen molar-refractivity contribution in [3.8, 4) is 11.5 Å². The molecule has 1 aromatic carbocycles. The van der Waals surface area contributed by atoms with Crippen LogP contribution < -0.4 is 9.47 Å². The van der Waals surface area contributed by atoms with E-state index in [4.69, 9.17) is 9.47 Å². The summed E-state index contributed by atoms with van der Waals surface area (Å²) in [6.45, 7) is 0. The molecule has 0 amide bonds. The minimum absolute atomic E-state index is 0.665. The van der Waals surface area contributed by atoms with Crippen molar-refractivity contribution in [2.45, 2.75) is 18.4 Å². The fraction of sp³-hybridized carbons (Fsp3) is 0.455. The van der Waals surface area contributed by atoms with E-state index in [0.717, 1.165) is 22.9 Å². The first kappa shape index (κ1) is 10.8. The maximum atomic E-state index is 10.0. The number of methoxy groups -OCH3 is 2. The standard InChI is InChI=1S/C11H13BrO3/c1-14-8-5-7(11(13)3-4-11)6-9(15-2)10(8)12/h5-6,13H,3-4H2,1-2H3. The van der Waals surface area contributed by atoms with Gasteiger partial charge in [0.05, 0.1) is 19.8 Å². The van der Waals surface area contributed by atoms with E-state index in [-0.39, 0.29) is 0 Å². The molecule has 1 N–H and O–H groups in total. The van der Waals surface area contributed by atoms with Crippen LogP contribution in [0.4, 0.5) is 0 Å². The molecule has 0 radical (unpaired) electrons. The number of halogens is 1. The van der Waals surface area contributed by atoms with Crippen LogP contribution in [0.3, 0.4) is 0 Å². The Balaban J connectivity index is 2.49. The first-order chi connectivity index (χ1) is 7.10. The van der Waals surface area contributed by atoms with Crippen LogP contribution >= 0.6 is 15.9 Å². The highest BCUT2D eigenvalue weighted by atomic mass is 79.9. The average molecular weight is 273 g/mol. The van der Waals surface area contributed by atoms with E-state index in [1.54, 1.807) is 14.2 Å². The lowest BCUT2D eigenvalue weighted by Gasteiger charge is -2.14. The van der Waals surface area contributed by atoms with Crippen molar-refractivity contribution < 1.29 is 14.6 Å². The highest BCUT2D eigenvalue weighted by Crippen LogP contribution is 2.49. The van der Waals surface area contributed by atoms with Gasteiger partial charge in [-0.1, -0.05) is 0 Å². The van der Waals surface area contributed by atoms with Gasteiger partial charge in [-0.2, -0.15) is 0 Å². The van der Waals surface area contributed by atoms with Gasteiger partial charge in [0, 0.05) is 0 Å². The van der Waals surface area contributed by atoms with Crippen LogP contribution in [-0.2, 0) is 5.60 Å². The van der Waals surface area contributed by atoms with Gasteiger partial charge < -0.3 is 14.6 Å². The van der Waals surface area contributed by atoms with E-state index in [2.05, 4.69) is 15.9 Å². The molecule has 0 unspecified atom stereocenters. The molecular formula is C11H13BrO3. The first-order valence-corrected chi connectivity index (χ1v) is 5.54. The molecule has 1 fully saturated rings. The number of hydrogen-bond donors (Lipinski definition) is 1. The minimum Gasteiger partial charge on any atom is -0.495 e. The predicted octanol–water partition coefficient (Wildman–Crippen LogP) is 2.45. The first-order valence-electron chi connectivity index (χ1n) is 4.75. The number of aliphatic hydroxyl groups is 1. The lowest BCUT2D eigenvalue weighted by Crippen LogP contribution is -2.05. The third kappa shape index (κ3) is 1.84. The molecule has 1 aliphatic rings. The van der Waals surface area contributed by atoms with Crippen molar-refractivity contribution in [3.05, 3.63) is 22.2 Å². The SMILES string of the molecule is COc1cc(C2(O)CC2)cc(OC)c1Br. The zero-order valence-corrected chi connectivity index (χ0v) is 10.3. The van der Waals surface area contributed by atoms with Crippen molar-refractivity contribution in [2.75, 3.05) is 14.2 Å². The number of ether oxygens (including phenoxy) is 2. The van der Waals surface area contributed by atoms with Gasteiger partial charge in [0.2, 0.25) is 0 Å². The number of rotatable bonds is 3. The molecule has 82 valence electrons. The second-order valence-corrected chi connectivity index (χ2v) is 4.52. The molecule has 0 heterocycles. The van der Waals surface area contributed by atoms with Gasteiger partial charge in [0.25, 0.3) is 0 Å².